The first kappa shape index (κ1) is 106. The van der Waals surface area contributed by atoms with Gasteiger partial charge in [0.1, 0.15) is 53.3 Å². The number of esters is 3. The maximum absolute atomic E-state index is 13.7. The predicted octanol–water partition coefficient (Wildman–Crippen LogP) is 17.7. The van der Waals surface area contributed by atoms with Gasteiger partial charge in [-0.1, -0.05) is 87.8 Å². The maximum atomic E-state index is 13.7. The Hall–Kier alpha value is -9.18. The fraction of sp³-hybridized carbons (Fsp3) is 0.398. The van der Waals surface area contributed by atoms with Crippen LogP contribution >= 0.6 is 139 Å². The average Bonchev–Trinajstić information content (AvgIpc) is 1.64. The summed E-state index contributed by atoms with van der Waals surface area (Å²) in [5.74, 6) is -0.978. The number of hydrogen-bond acceptors (Lipinski definition) is 29. The third-order valence-electron chi connectivity index (χ3n) is 20.2. The number of nitrogens with one attached hydrogen (secondary N) is 2. The summed E-state index contributed by atoms with van der Waals surface area (Å²) in [5.41, 5.74) is 2.31. The normalized spacial score (nSPS) is 16.7. The molecular formula is C88H88Cl6F6N8O21S6. The molecule has 3 aliphatic carbocycles. The Morgan fingerprint density at radius 1 is 0.481 bits per heavy atom. The summed E-state index contributed by atoms with van der Waals surface area (Å²) in [4.78, 5) is 106. The van der Waals surface area contributed by atoms with Crippen molar-refractivity contribution in [1.29, 1.82) is 0 Å². The molecule has 29 nitrogen and oxygen atoms in total. The molecular weight excluding hydrogens is 2020 g/mol. The van der Waals surface area contributed by atoms with Crippen LogP contribution in [0.5, 0.6) is 34.5 Å². The Morgan fingerprint density at radius 2 is 0.815 bits per heavy atom. The highest BCUT2D eigenvalue weighted by atomic mass is 35.5. The fourth-order valence-corrected chi connectivity index (χ4v) is 20.6. The Bertz CT molecular complexity index is 5560. The predicted molar refractivity (Wildman–Crippen MR) is 500 cm³/mol. The van der Waals surface area contributed by atoms with Crippen LogP contribution in [0.25, 0.3) is 0 Å². The molecule has 9 aromatic rings. The lowest BCUT2D eigenvalue weighted by Crippen LogP contribution is -2.40. The van der Waals surface area contributed by atoms with E-state index in [4.69, 9.17) is 103 Å². The number of nitrogens with zero attached hydrogens (tertiary/aromatic N) is 6. The summed E-state index contributed by atoms with van der Waals surface area (Å²) in [6.07, 6.45) is 10.9. The second-order valence-corrected chi connectivity index (χ2v) is 40.3. The van der Waals surface area contributed by atoms with Gasteiger partial charge in [-0.25, -0.2) is 19.2 Å². The van der Waals surface area contributed by atoms with Crippen LogP contribution in [0.3, 0.4) is 0 Å². The van der Waals surface area contributed by atoms with E-state index < -0.39 is 84.1 Å². The van der Waals surface area contributed by atoms with Crippen LogP contribution in [0.15, 0.2) is 128 Å². The van der Waals surface area contributed by atoms with Crippen LogP contribution in [-0.2, 0) is 54.4 Å². The number of ether oxygens (including phenoxy) is 9. The number of aromatic carboxylic acids is 1. The molecule has 3 aromatic carbocycles. The fourth-order valence-electron chi connectivity index (χ4n) is 13.1. The van der Waals surface area contributed by atoms with E-state index >= 15 is 0 Å². The van der Waals surface area contributed by atoms with E-state index in [1.165, 1.54) is 135 Å². The first-order valence-corrected chi connectivity index (χ1v) is 49.2. The quantitative estimate of drug-likeness (QED) is 0.00813. The summed E-state index contributed by atoms with van der Waals surface area (Å²) in [6.45, 7) is -6.19. The molecule has 135 heavy (non-hydrogen) atoms. The number of aromatic nitrogens is 3. The summed E-state index contributed by atoms with van der Waals surface area (Å²) in [5, 5.41) is 47.5. The van der Waals surface area contributed by atoms with E-state index in [1.54, 1.807) is 6.07 Å². The van der Waals surface area contributed by atoms with E-state index in [0.29, 0.717) is 148 Å². The highest BCUT2D eigenvalue weighted by Crippen LogP contribution is 2.45. The van der Waals surface area contributed by atoms with E-state index in [2.05, 4.69) is 24.8 Å². The van der Waals surface area contributed by atoms with Crippen molar-refractivity contribution in [3.8, 4) is 34.5 Å². The van der Waals surface area contributed by atoms with Gasteiger partial charge >= 0.3 is 43.7 Å². The number of thiophene rings is 3. The van der Waals surface area contributed by atoms with Crippen molar-refractivity contribution in [1.82, 2.24) is 25.3 Å². The summed E-state index contributed by atoms with van der Waals surface area (Å²) >= 11 is 45.2. The molecule has 15 rings (SSSR count). The number of benzene rings is 3. The lowest BCUT2D eigenvalue weighted by molar-refractivity contribution is -0.605. The minimum Gasteiger partial charge on any atom is -0.619 e. The zero-order valence-electron chi connectivity index (χ0n) is 71.9. The number of aldehydes is 2. The molecule has 3 unspecified atom stereocenters. The summed E-state index contributed by atoms with van der Waals surface area (Å²) in [7, 11) is 7.63. The van der Waals surface area contributed by atoms with Crippen molar-refractivity contribution in [2.75, 3.05) is 84.9 Å². The van der Waals surface area contributed by atoms with Crippen LogP contribution in [0, 0.1) is 33.4 Å². The van der Waals surface area contributed by atoms with Crippen molar-refractivity contribution in [2.24, 2.45) is 17.8 Å². The lowest BCUT2D eigenvalue weighted by Gasteiger charge is -2.26. The summed E-state index contributed by atoms with van der Waals surface area (Å²) in [6, 6.07) is 22.5. The number of carboxylic acid groups (broad SMARTS) is 1. The Kier molecular flexibility index (Phi) is 40.1. The van der Waals surface area contributed by atoms with Gasteiger partial charge in [0.15, 0.2) is 100 Å². The highest BCUT2D eigenvalue weighted by molar-refractivity contribution is 8.01. The minimum absolute atomic E-state index is 0.0298. The van der Waals surface area contributed by atoms with E-state index in [9.17, 15) is 80.3 Å². The number of carbonyl (C=O) groups excluding carboxylic acids is 7. The molecule has 3 N–H and O–H groups in total. The molecule has 3 saturated heterocycles. The molecule has 3 aliphatic heterocycles. The highest BCUT2D eigenvalue weighted by Gasteiger charge is 2.42. The molecule has 6 fully saturated rings. The van der Waals surface area contributed by atoms with Crippen LogP contribution in [0.2, 0.25) is 30.1 Å². The maximum Gasteiger partial charge on any atom is 0.387 e. The first-order chi connectivity index (χ1) is 64.5. The van der Waals surface area contributed by atoms with E-state index in [1.807, 2.05) is 39.2 Å². The van der Waals surface area contributed by atoms with Gasteiger partial charge in [-0.3, -0.25) is 24.5 Å². The first-order valence-electron chi connectivity index (χ1n) is 41.4. The molecule has 47 heteroatoms. The Labute approximate surface area is 825 Å². The second kappa shape index (κ2) is 50.9. The monoisotopic (exact) mass is 2110 g/mol. The number of hydrogen-bond donors (Lipinski definition) is 3. The van der Waals surface area contributed by atoms with Gasteiger partial charge in [0.25, 0.3) is 11.8 Å². The molecule has 726 valence electrons. The topological polar surface area (TPSA) is 354 Å². The van der Waals surface area contributed by atoms with Crippen molar-refractivity contribution < 1.29 is 127 Å². The number of thioether (sulfide) groups is 3. The van der Waals surface area contributed by atoms with Gasteiger partial charge in [0.05, 0.1) is 39.3 Å². The number of pyridine rings is 3. The molecule has 6 aliphatic rings. The standard InChI is InChI=1S/C30H31Cl2F2N3O6S2.C28H24Cl2F2N2O7S2.C22H22Cl2F2N2O5S.C6H4O3S.C2H7N/c1-35(2)13-19-6-8-26(45-19)27(38)37-9-10-44-28(37)29(39)42-24(12-20-21(31)14-36(40)15-22(20)32)18-5-7-23(43-30(33)34)25(11-18)41-16-17-3-4-17;29-19-11-33(38)12-20(30)18(19)10-22(16-3-5-21(41-28(31)32)23(9-16)39-14-15-1-2-15)40-27(37)26-34(7-8-42-26)25(36)24-6-4-17(13-35)43-24;23-15-9-28(30)10-16(24)14(15)8-18(32-21(29)20-27-5-6-34-20)13-3-4-17(33-22(25)26)19(7-13)31-11-12-1-2-12;7-3-4-1-2-5(10-4)6(8)9;1-3-2/h5-8,11,14-15,17,24,28,30H,3-4,9-10,12-13,16H2,1-2H3;3-6,9,11-13,15,22,26,28H,1-2,7-8,10,14H2;3-4,7,9-10,12,18,20,22,27H,1-2,5-6,8,11H2;1-3H,(H,8,9);3H,1-2H3/t24-,28?;22-,26?;18-,20?;;/m000../s1. The van der Waals surface area contributed by atoms with Crippen LogP contribution in [0.1, 0.15) is 143 Å². The van der Waals surface area contributed by atoms with E-state index in [0.717, 1.165) is 109 Å². The van der Waals surface area contributed by atoms with Crippen molar-refractivity contribution in [3.63, 3.8) is 0 Å². The SMILES string of the molecule is CN(C)Cc1ccc(C(=O)N2CCSC2C(=O)O[C@@H](Cc2c(Cl)c[n+]([O-])cc2Cl)c2ccc(OC(F)F)c(OCC3CC3)c2)s1.CNC.O=C(O[C@@H](Cc1c(Cl)c[n+]([O-])cc1Cl)c1ccc(OC(F)F)c(OCC2CC2)c1)C1NCCS1.O=Cc1ccc(C(=O)N2CCSC2C(=O)O[C@@H](Cc2c(Cl)c[n+]([O-])cc2Cl)c2ccc(OC(F)F)c(OCC3CC3)c2)s1.O=Cc1ccc(C(=O)O)s1. The van der Waals surface area contributed by atoms with E-state index in [-0.39, 0.29) is 101 Å². The third kappa shape index (κ3) is 31.7. The second-order valence-electron chi connectivity index (χ2n) is 30.9. The molecule has 2 amide bonds. The van der Waals surface area contributed by atoms with Crippen LogP contribution < -0.4 is 53.2 Å². The van der Waals surface area contributed by atoms with Gasteiger partial charge < -0.3 is 83.4 Å². The van der Waals surface area contributed by atoms with Gasteiger partial charge in [-0.05, 0) is 174 Å². The molecule has 9 heterocycles. The average molecular weight is 2110 g/mol. The smallest absolute Gasteiger partial charge is 0.387 e. The molecule has 0 spiro atoms. The molecule has 3 saturated carbocycles. The third-order valence-corrected chi connectivity index (χ3v) is 28.7. The van der Waals surface area contributed by atoms with Crippen molar-refractivity contribution >= 4 is 187 Å². The number of carbonyl (C=O) groups is 8. The number of carboxylic acids is 1. The Balaban J connectivity index is 0.000000183. The number of amides is 2. The summed E-state index contributed by atoms with van der Waals surface area (Å²) < 4.78 is 129. The van der Waals surface area contributed by atoms with Gasteiger partial charge in [0, 0.05) is 84.3 Å². The molecule has 0 radical (unpaired) electrons. The minimum atomic E-state index is -3.09. The van der Waals surface area contributed by atoms with Gasteiger partial charge in [0.2, 0.25) is 0 Å². The van der Waals surface area contributed by atoms with Crippen molar-refractivity contribution in [3.05, 3.63) is 237 Å². The number of rotatable bonds is 37. The van der Waals surface area contributed by atoms with Gasteiger partial charge in [-0.2, -0.15) is 40.5 Å². The number of halogens is 12. The van der Waals surface area contributed by atoms with Gasteiger partial charge in [-0.15, -0.1) is 69.3 Å². The molecule has 0 bridgehead atoms. The molecule has 6 atom stereocenters. The zero-order chi connectivity index (χ0) is 97.4. The number of alkyl halides is 6. The van der Waals surface area contributed by atoms with Crippen molar-refractivity contribution in [2.45, 2.75) is 119 Å². The lowest BCUT2D eigenvalue weighted by atomic mass is 10.0. The Morgan fingerprint density at radius 3 is 1.12 bits per heavy atom. The zero-order valence-corrected chi connectivity index (χ0v) is 81.4. The van der Waals surface area contributed by atoms with Crippen LogP contribution in [0.4, 0.5) is 26.3 Å². The van der Waals surface area contributed by atoms with Crippen LogP contribution in [-0.4, -0.2) is 189 Å². The largest absolute Gasteiger partial charge is 0.619 e. The molecule has 6 aromatic heterocycles.